The zero-order valence-corrected chi connectivity index (χ0v) is 7.61. The average molecular weight is 189 g/mol. The molecule has 2 rings (SSSR count). The Morgan fingerprint density at radius 1 is 1.21 bits per heavy atom. The second-order valence-corrected chi connectivity index (χ2v) is 2.89. The molecule has 0 aliphatic carbocycles. The molecule has 0 unspecified atom stereocenters. The van der Waals surface area contributed by atoms with E-state index < -0.39 is 5.95 Å². The number of nitrogens with zero attached hydrogens (tertiary/aromatic N) is 3. The van der Waals surface area contributed by atoms with Crippen molar-refractivity contribution >= 4 is 0 Å². The molecule has 0 saturated heterocycles. The molecule has 4 heteroatoms. The first-order chi connectivity index (χ1) is 6.77. The lowest BCUT2D eigenvalue weighted by atomic mass is 10.2. The molecule has 2 aromatic heterocycles. The number of pyridine rings is 1. The molecule has 0 saturated carbocycles. The summed E-state index contributed by atoms with van der Waals surface area (Å²) in [5.74, 6) is -0.509. The van der Waals surface area contributed by atoms with Crippen LogP contribution < -0.4 is 0 Å². The Balaban J connectivity index is 2.55. The fourth-order valence-electron chi connectivity index (χ4n) is 1.18. The topological polar surface area (TPSA) is 38.7 Å². The summed E-state index contributed by atoms with van der Waals surface area (Å²) in [7, 11) is 0. The highest BCUT2D eigenvalue weighted by molar-refractivity contribution is 5.58. The van der Waals surface area contributed by atoms with Gasteiger partial charge in [0.25, 0.3) is 0 Å². The van der Waals surface area contributed by atoms with Crippen LogP contribution in [-0.2, 0) is 0 Å². The van der Waals surface area contributed by atoms with E-state index >= 15 is 0 Å². The van der Waals surface area contributed by atoms with Crippen molar-refractivity contribution in [3.8, 4) is 11.3 Å². The third kappa shape index (κ3) is 1.59. The van der Waals surface area contributed by atoms with Gasteiger partial charge in [-0.3, -0.25) is 0 Å². The summed E-state index contributed by atoms with van der Waals surface area (Å²) in [6.45, 7) is 1.83. The van der Waals surface area contributed by atoms with Crippen molar-refractivity contribution in [2.24, 2.45) is 0 Å². The van der Waals surface area contributed by atoms with Crippen LogP contribution >= 0.6 is 0 Å². The maximum absolute atomic E-state index is 13.2. The largest absolute Gasteiger partial charge is 0.242 e. The standard InChI is InChI=1S/C10H8FN3/c1-7-5-9(14-6-13-7)8-3-2-4-12-10(8)11/h2-6H,1H3. The molecule has 0 bridgehead atoms. The van der Waals surface area contributed by atoms with E-state index in [1.54, 1.807) is 18.2 Å². The Morgan fingerprint density at radius 2 is 2.07 bits per heavy atom. The lowest BCUT2D eigenvalue weighted by Gasteiger charge is -2.00. The van der Waals surface area contributed by atoms with Crippen molar-refractivity contribution in [1.82, 2.24) is 15.0 Å². The first-order valence-corrected chi connectivity index (χ1v) is 4.17. The zero-order chi connectivity index (χ0) is 9.97. The maximum Gasteiger partial charge on any atom is 0.222 e. The zero-order valence-electron chi connectivity index (χ0n) is 7.61. The van der Waals surface area contributed by atoms with Crippen LogP contribution in [0.3, 0.4) is 0 Å². The summed E-state index contributed by atoms with van der Waals surface area (Å²) < 4.78 is 13.2. The lowest BCUT2D eigenvalue weighted by molar-refractivity contribution is 0.587. The minimum atomic E-state index is -0.509. The predicted molar refractivity (Wildman–Crippen MR) is 50.0 cm³/mol. The highest BCUT2D eigenvalue weighted by Crippen LogP contribution is 2.18. The summed E-state index contributed by atoms with van der Waals surface area (Å²) in [6, 6.07) is 5.04. The van der Waals surface area contributed by atoms with Crippen LogP contribution in [0.4, 0.5) is 4.39 Å². The molecule has 14 heavy (non-hydrogen) atoms. The summed E-state index contributed by atoms with van der Waals surface area (Å²) in [4.78, 5) is 11.5. The van der Waals surface area contributed by atoms with Crippen LogP contribution in [0.1, 0.15) is 5.69 Å². The van der Waals surface area contributed by atoms with Crippen LogP contribution in [0.2, 0.25) is 0 Å². The molecular weight excluding hydrogens is 181 g/mol. The van der Waals surface area contributed by atoms with Gasteiger partial charge in [-0.2, -0.15) is 4.39 Å². The van der Waals surface area contributed by atoms with Crippen LogP contribution in [0.25, 0.3) is 11.3 Å². The van der Waals surface area contributed by atoms with Crippen molar-refractivity contribution < 1.29 is 4.39 Å². The maximum atomic E-state index is 13.2. The van der Waals surface area contributed by atoms with E-state index in [4.69, 9.17) is 0 Å². The fourth-order valence-corrected chi connectivity index (χ4v) is 1.18. The minimum absolute atomic E-state index is 0.401. The first-order valence-electron chi connectivity index (χ1n) is 4.17. The monoisotopic (exact) mass is 189 g/mol. The molecule has 0 spiro atoms. The van der Waals surface area contributed by atoms with Crippen LogP contribution in [0, 0.1) is 12.9 Å². The van der Waals surface area contributed by atoms with Gasteiger partial charge in [0.2, 0.25) is 5.95 Å². The molecule has 0 fully saturated rings. The molecule has 3 nitrogen and oxygen atoms in total. The Morgan fingerprint density at radius 3 is 2.79 bits per heavy atom. The molecule has 0 atom stereocenters. The van der Waals surface area contributed by atoms with E-state index in [2.05, 4.69) is 15.0 Å². The van der Waals surface area contributed by atoms with Gasteiger partial charge in [0.1, 0.15) is 6.33 Å². The molecule has 0 aliphatic heterocycles. The van der Waals surface area contributed by atoms with Gasteiger partial charge < -0.3 is 0 Å². The van der Waals surface area contributed by atoms with E-state index in [0.29, 0.717) is 11.3 Å². The van der Waals surface area contributed by atoms with Crippen LogP contribution in [0.15, 0.2) is 30.7 Å². The normalized spacial score (nSPS) is 10.1. The van der Waals surface area contributed by atoms with Gasteiger partial charge in [0.05, 0.1) is 11.3 Å². The SMILES string of the molecule is Cc1cc(-c2cccnc2F)ncn1. The second-order valence-electron chi connectivity index (χ2n) is 2.89. The first kappa shape index (κ1) is 8.74. The van der Waals surface area contributed by atoms with Gasteiger partial charge in [-0.15, -0.1) is 0 Å². The van der Waals surface area contributed by atoms with E-state index in [0.717, 1.165) is 5.69 Å². The van der Waals surface area contributed by atoms with Crippen molar-refractivity contribution in [3.63, 3.8) is 0 Å². The molecule has 2 aromatic rings. The summed E-state index contributed by atoms with van der Waals surface area (Å²) >= 11 is 0. The summed E-state index contributed by atoms with van der Waals surface area (Å²) in [5, 5.41) is 0. The Labute approximate surface area is 80.7 Å². The van der Waals surface area contributed by atoms with Crippen molar-refractivity contribution in [2.45, 2.75) is 6.92 Å². The predicted octanol–water partition coefficient (Wildman–Crippen LogP) is 1.99. The Hall–Kier alpha value is -1.84. The average Bonchev–Trinajstić information content (AvgIpc) is 2.18. The molecule has 0 radical (unpaired) electrons. The van der Waals surface area contributed by atoms with Gasteiger partial charge in [0, 0.05) is 11.9 Å². The number of aromatic nitrogens is 3. The van der Waals surface area contributed by atoms with Crippen molar-refractivity contribution in [2.75, 3.05) is 0 Å². The number of hydrogen-bond donors (Lipinski definition) is 0. The Bertz CT molecular complexity index is 457. The van der Waals surface area contributed by atoms with E-state index in [1.165, 1.54) is 12.5 Å². The molecule has 0 N–H and O–H groups in total. The molecule has 2 heterocycles. The minimum Gasteiger partial charge on any atom is -0.242 e. The molecule has 0 amide bonds. The van der Waals surface area contributed by atoms with Gasteiger partial charge in [0.15, 0.2) is 0 Å². The van der Waals surface area contributed by atoms with Gasteiger partial charge >= 0.3 is 0 Å². The van der Waals surface area contributed by atoms with Crippen molar-refractivity contribution in [3.05, 3.63) is 42.4 Å². The molecule has 0 aromatic carbocycles. The fraction of sp³-hybridized carbons (Fsp3) is 0.100. The van der Waals surface area contributed by atoms with E-state index in [-0.39, 0.29) is 0 Å². The third-order valence-electron chi connectivity index (χ3n) is 1.84. The number of halogens is 1. The smallest absolute Gasteiger partial charge is 0.222 e. The molecular formula is C10H8FN3. The molecule has 70 valence electrons. The number of aryl methyl sites for hydroxylation is 1. The second kappa shape index (κ2) is 3.49. The van der Waals surface area contributed by atoms with E-state index in [1.807, 2.05) is 6.92 Å². The highest BCUT2D eigenvalue weighted by Gasteiger charge is 2.06. The van der Waals surface area contributed by atoms with Crippen molar-refractivity contribution in [1.29, 1.82) is 0 Å². The lowest BCUT2D eigenvalue weighted by Crippen LogP contribution is -1.92. The third-order valence-corrected chi connectivity index (χ3v) is 1.84. The van der Waals surface area contributed by atoms with Crippen LogP contribution in [0.5, 0.6) is 0 Å². The Kier molecular flexibility index (Phi) is 2.18. The van der Waals surface area contributed by atoms with E-state index in [9.17, 15) is 4.39 Å². The molecule has 0 aliphatic rings. The number of hydrogen-bond acceptors (Lipinski definition) is 3. The summed E-state index contributed by atoms with van der Waals surface area (Å²) in [5.41, 5.74) is 1.76. The van der Waals surface area contributed by atoms with Gasteiger partial charge in [-0.1, -0.05) is 0 Å². The van der Waals surface area contributed by atoms with Gasteiger partial charge in [-0.25, -0.2) is 15.0 Å². The van der Waals surface area contributed by atoms with Gasteiger partial charge in [-0.05, 0) is 25.1 Å². The van der Waals surface area contributed by atoms with Crippen LogP contribution in [-0.4, -0.2) is 15.0 Å². The highest BCUT2D eigenvalue weighted by atomic mass is 19.1. The quantitative estimate of drug-likeness (QED) is 0.644. The summed E-state index contributed by atoms with van der Waals surface area (Å²) in [6.07, 6.45) is 2.82. The number of rotatable bonds is 1.